The minimum Gasteiger partial charge on any atom is -0.470 e. The number of imidazole rings is 2. The molecule has 0 radical (unpaired) electrons. The fraction of sp³-hybridized carbons (Fsp3) is 0.200. The molecular formula is C20H18F2N6O2. The van der Waals surface area contributed by atoms with Crippen LogP contribution in [0.2, 0.25) is 0 Å². The fourth-order valence-electron chi connectivity index (χ4n) is 3.07. The van der Waals surface area contributed by atoms with Gasteiger partial charge in [0.15, 0.2) is 0 Å². The van der Waals surface area contributed by atoms with Gasteiger partial charge in [0, 0.05) is 18.6 Å². The molecule has 0 aliphatic rings. The molecule has 10 heteroatoms. The lowest BCUT2D eigenvalue weighted by atomic mass is 10.2. The number of halogens is 2. The second-order valence-corrected chi connectivity index (χ2v) is 6.63. The van der Waals surface area contributed by atoms with Gasteiger partial charge in [0.1, 0.15) is 29.8 Å². The van der Waals surface area contributed by atoms with Crippen molar-refractivity contribution >= 4 is 11.6 Å². The van der Waals surface area contributed by atoms with Crippen molar-refractivity contribution < 1.29 is 18.3 Å². The number of nitrogens with one attached hydrogen (secondary N) is 2. The summed E-state index contributed by atoms with van der Waals surface area (Å²) in [6.07, 6.45) is 4.91. The van der Waals surface area contributed by atoms with Gasteiger partial charge in [0.25, 0.3) is 11.8 Å². The smallest absolute Gasteiger partial charge is 0.270 e. The lowest BCUT2D eigenvalue weighted by Crippen LogP contribution is -2.25. The van der Waals surface area contributed by atoms with Crippen LogP contribution in [0.5, 0.6) is 5.88 Å². The highest BCUT2D eigenvalue weighted by Crippen LogP contribution is 2.23. The molecule has 0 fully saturated rings. The maximum absolute atomic E-state index is 13.9. The molecule has 0 saturated carbocycles. The molecule has 3 aromatic heterocycles. The first-order chi connectivity index (χ1) is 14.4. The van der Waals surface area contributed by atoms with Crippen LogP contribution in [0.25, 0.3) is 5.65 Å². The molecule has 0 spiro atoms. The molecule has 1 amide bonds. The third kappa shape index (κ3) is 3.71. The number of benzene rings is 1. The Kier molecular flexibility index (Phi) is 5.13. The lowest BCUT2D eigenvalue weighted by molar-refractivity contribution is 0.0943. The molecule has 154 valence electrons. The molecule has 0 aliphatic heterocycles. The summed E-state index contributed by atoms with van der Waals surface area (Å²) >= 11 is 0. The fourth-order valence-corrected chi connectivity index (χ4v) is 3.07. The molecule has 0 atom stereocenters. The quantitative estimate of drug-likeness (QED) is 0.508. The Morgan fingerprint density at radius 1 is 1.23 bits per heavy atom. The predicted molar refractivity (Wildman–Crippen MR) is 103 cm³/mol. The number of H-pyrrole nitrogens is 1. The zero-order valence-electron chi connectivity index (χ0n) is 16.2. The molecule has 2 N–H and O–H groups in total. The maximum atomic E-state index is 13.9. The van der Waals surface area contributed by atoms with Crippen molar-refractivity contribution in [3.8, 4) is 5.88 Å². The van der Waals surface area contributed by atoms with E-state index in [2.05, 4.69) is 25.3 Å². The van der Waals surface area contributed by atoms with Gasteiger partial charge in [-0.3, -0.25) is 9.20 Å². The van der Waals surface area contributed by atoms with Crippen molar-refractivity contribution in [1.29, 1.82) is 0 Å². The van der Waals surface area contributed by atoms with Gasteiger partial charge in [-0.15, -0.1) is 0 Å². The van der Waals surface area contributed by atoms with Gasteiger partial charge in [-0.2, -0.15) is 0 Å². The van der Waals surface area contributed by atoms with Crippen LogP contribution in [0.15, 0.2) is 36.8 Å². The summed E-state index contributed by atoms with van der Waals surface area (Å²) in [6, 6.07) is 3.59. The molecule has 0 bridgehead atoms. The number of aryl methyl sites for hydroxylation is 2. The number of hydrogen-bond donors (Lipinski definition) is 2. The van der Waals surface area contributed by atoms with E-state index >= 15 is 0 Å². The number of ether oxygens (including phenoxy) is 1. The van der Waals surface area contributed by atoms with Crippen molar-refractivity contribution in [2.24, 2.45) is 0 Å². The zero-order chi connectivity index (χ0) is 21.3. The lowest BCUT2D eigenvalue weighted by Gasteiger charge is -2.10. The SMILES string of the molecule is Cc1cn2c(C(=O)NCc3ncc[nH]3)c(C)nc2c(OCc2c(F)cccc2F)n1. The van der Waals surface area contributed by atoms with Gasteiger partial charge < -0.3 is 15.0 Å². The van der Waals surface area contributed by atoms with Crippen LogP contribution < -0.4 is 10.1 Å². The maximum Gasteiger partial charge on any atom is 0.270 e. The van der Waals surface area contributed by atoms with Gasteiger partial charge in [-0.05, 0) is 26.0 Å². The highest BCUT2D eigenvalue weighted by atomic mass is 19.1. The van der Waals surface area contributed by atoms with Crippen LogP contribution >= 0.6 is 0 Å². The number of carbonyl (C=O) groups excluding carboxylic acids is 1. The first-order valence-electron chi connectivity index (χ1n) is 9.12. The zero-order valence-corrected chi connectivity index (χ0v) is 16.2. The molecule has 0 aliphatic carbocycles. The summed E-state index contributed by atoms with van der Waals surface area (Å²) < 4.78 is 35.0. The second kappa shape index (κ2) is 7.90. The molecule has 4 aromatic rings. The van der Waals surface area contributed by atoms with E-state index in [4.69, 9.17) is 4.74 Å². The van der Waals surface area contributed by atoms with E-state index in [9.17, 15) is 13.6 Å². The van der Waals surface area contributed by atoms with Crippen LogP contribution in [0, 0.1) is 25.5 Å². The van der Waals surface area contributed by atoms with Crippen LogP contribution in [0.4, 0.5) is 8.78 Å². The van der Waals surface area contributed by atoms with Crippen molar-refractivity contribution in [3.05, 3.63) is 76.9 Å². The summed E-state index contributed by atoms with van der Waals surface area (Å²) in [5, 5.41) is 2.78. The number of carbonyl (C=O) groups is 1. The summed E-state index contributed by atoms with van der Waals surface area (Å²) in [5.41, 5.74) is 1.38. The molecule has 0 saturated heterocycles. The van der Waals surface area contributed by atoms with E-state index in [0.29, 0.717) is 22.9 Å². The van der Waals surface area contributed by atoms with E-state index in [1.807, 2.05) is 0 Å². The van der Waals surface area contributed by atoms with Gasteiger partial charge in [0.05, 0.1) is 23.5 Å². The Labute approximate surface area is 170 Å². The van der Waals surface area contributed by atoms with Gasteiger partial charge in [-0.25, -0.2) is 23.7 Å². The number of nitrogens with zero attached hydrogens (tertiary/aromatic N) is 4. The number of aromatic nitrogens is 5. The van der Waals surface area contributed by atoms with Crippen molar-refractivity contribution in [2.45, 2.75) is 27.0 Å². The Morgan fingerprint density at radius 3 is 2.70 bits per heavy atom. The molecule has 1 aromatic carbocycles. The van der Waals surface area contributed by atoms with E-state index in [1.165, 1.54) is 6.07 Å². The Bertz CT molecular complexity index is 1200. The van der Waals surface area contributed by atoms with Crippen LogP contribution in [0.3, 0.4) is 0 Å². The van der Waals surface area contributed by atoms with Crippen molar-refractivity contribution in [1.82, 2.24) is 29.7 Å². The number of aromatic amines is 1. The van der Waals surface area contributed by atoms with E-state index < -0.39 is 11.6 Å². The number of hydrogen-bond acceptors (Lipinski definition) is 5. The van der Waals surface area contributed by atoms with Gasteiger partial charge >= 0.3 is 0 Å². The van der Waals surface area contributed by atoms with Crippen molar-refractivity contribution in [3.63, 3.8) is 0 Å². The minimum absolute atomic E-state index is 0.0748. The predicted octanol–water partition coefficient (Wildman–Crippen LogP) is 2.86. The summed E-state index contributed by atoms with van der Waals surface area (Å²) in [7, 11) is 0. The topological polar surface area (TPSA) is 97.2 Å². The summed E-state index contributed by atoms with van der Waals surface area (Å²) in [5.74, 6) is -1.09. The minimum atomic E-state index is -0.712. The standard InChI is InChI=1S/C20H18F2N6O2/c1-11-9-28-17(19(29)25-8-16-23-6-7-24-16)12(2)27-18(28)20(26-11)30-10-13-14(21)4-3-5-15(13)22/h3-7,9H,8,10H2,1-2H3,(H,23,24)(H,25,29). The first-order valence-corrected chi connectivity index (χ1v) is 9.12. The summed E-state index contributed by atoms with van der Waals surface area (Å²) in [4.78, 5) is 28.4. The second-order valence-electron chi connectivity index (χ2n) is 6.63. The van der Waals surface area contributed by atoms with E-state index in [1.54, 1.807) is 36.8 Å². The number of fused-ring (bicyclic) bond motifs is 1. The molecule has 8 nitrogen and oxygen atoms in total. The first kappa shape index (κ1) is 19.5. The Morgan fingerprint density at radius 2 is 2.00 bits per heavy atom. The van der Waals surface area contributed by atoms with E-state index in [0.717, 1.165) is 12.1 Å². The van der Waals surface area contributed by atoms with Crippen molar-refractivity contribution in [2.75, 3.05) is 0 Å². The third-order valence-electron chi connectivity index (χ3n) is 4.47. The third-order valence-corrected chi connectivity index (χ3v) is 4.47. The van der Waals surface area contributed by atoms with E-state index in [-0.39, 0.29) is 36.1 Å². The number of amides is 1. The average molecular weight is 412 g/mol. The largest absolute Gasteiger partial charge is 0.470 e. The monoisotopic (exact) mass is 412 g/mol. The van der Waals surface area contributed by atoms with Gasteiger partial charge in [-0.1, -0.05) is 6.07 Å². The highest BCUT2D eigenvalue weighted by Gasteiger charge is 2.21. The molecule has 0 unspecified atom stereocenters. The molecule has 30 heavy (non-hydrogen) atoms. The van der Waals surface area contributed by atoms with Crippen LogP contribution in [0.1, 0.15) is 33.3 Å². The highest BCUT2D eigenvalue weighted by molar-refractivity contribution is 5.94. The van der Waals surface area contributed by atoms with Crippen LogP contribution in [-0.2, 0) is 13.2 Å². The molecule has 3 heterocycles. The molecule has 4 rings (SSSR count). The number of rotatable bonds is 6. The Balaban J connectivity index is 1.64. The molecular weight excluding hydrogens is 394 g/mol. The van der Waals surface area contributed by atoms with Crippen LogP contribution in [-0.4, -0.2) is 30.2 Å². The summed E-state index contributed by atoms with van der Waals surface area (Å²) in [6.45, 7) is 3.26. The average Bonchev–Trinajstić information content (AvgIpc) is 3.33. The van der Waals surface area contributed by atoms with Gasteiger partial charge in [0.2, 0.25) is 5.65 Å². The Hall–Kier alpha value is -3.82. The normalized spacial score (nSPS) is 11.1.